The van der Waals surface area contributed by atoms with Crippen LogP contribution in [0.5, 0.6) is 5.75 Å². The van der Waals surface area contributed by atoms with Crippen LogP contribution in [0.2, 0.25) is 0 Å². The average Bonchev–Trinajstić information content (AvgIpc) is 2.66. The van der Waals surface area contributed by atoms with E-state index in [-0.39, 0.29) is 29.5 Å². The number of hydrogen-bond donors (Lipinski definition) is 2. The maximum atomic E-state index is 13.3. The fourth-order valence-corrected chi connectivity index (χ4v) is 4.84. The first-order valence-corrected chi connectivity index (χ1v) is 10.0. The summed E-state index contributed by atoms with van der Waals surface area (Å²) in [5, 5.41) is 2.58. The zero-order valence-electron chi connectivity index (χ0n) is 15.5. The number of nitrogens with two attached hydrogens (primary N) is 1. The summed E-state index contributed by atoms with van der Waals surface area (Å²) in [7, 11) is -2.66. The molecule has 0 saturated heterocycles. The average molecular weight is 403 g/mol. The van der Waals surface area contributed by atoms with Gasteiger partial charge < -0.3 is 15.8 Å². The van der Waals surface area contributed by atoms with Gasteiger partial charge in [0, 0.05) is 19.5 Å². The summed E-state index contributed by atoms with van der Waals surface area (Å²) in [6, 6.07) is 10.5. The van der Waals surface area contributed by atoms with E-state index < -0.39 is 22.0 Å². The third-order valence-corrected chi connectivity index (χ3v) is 6.47. The maximum absolute atomic E-state index is 13.3. The predicted molar refractivity (Wildman–Crippen MR) is 103 cm³/mol. The van der Waals surface area contributed by atoms with E-state index in [1.807, 2.05) is 24.3 Å². The van der Waals surface area contributed by atoms with E-state index in [1.165, 1.54) is 32.2 Å². The van der Waals surface area contributed by atoms with Crippen LogP contribution in [-0.2, 0) is 32.6 Å². The molecule has 0 aromatic heterocycles. The Morgan fingerprint density at radius 3 is 2.46 bits per heavy atom. The van der Waals surface area contributed by atoms with Gasteiger partial charge >= 0.3 is 0 Å². The highest BCUT2D eigenvalue weighted by atomic mass is 32.2. The van der Waals surface area contributed by atoms with Crippen molar-refractivity contribution in [1.29, 1.82) is 0 Å². The minimum Gasteiger partial charge on any atom is -0.495 e. The number of sulfonamides is 1. The molecule has 0 aliphatic carbocycles. The molecule has 9 heteroatoms. The zero-order chi connectivity index (χ0) is 20.5. The molecule has 1 atom stereocenters. The van der Waals surface area contributed by atoms with Gasteiger partial charge in [-0.25, -0.2) is 8.42 Å². The Hall–Kier alpha value is -2.91. The molecule has 0 saturated carbocycles. The summed E-state index contributed by atoms with van der Waals surface area (Å²) < 4.78 is 32.9. The number of nitrogens with zero attached hydrogens (tertiary/aromatic N) is 1. The summed E-state index contributed by atoms with van der Waals surface area (Å²) in [5.74, 6) is -0.820. The molecule has 0 spiro atoms. The molecule has 8 nitrogen and oxygen atoms in total. The smallest absolute Gasteiger partial charge is 0.244 e. The third-order valence-electron chi connectivity index (χ3n) is 4.62. The number of carbonyl (C=O) groups excluding carboxylic acids is 2. The molecule has 3 N–H and O–H groups in total. The number of nitrogens with one attached hydrogen (secondary N) is 1. The van der Waals surface area contributed by atoms with Crippen molar-refractivity contribution in [2.45, 2.75) is 30.8 Å². The van der Waals surface area contributed by atoms with Gasteiger partial charge in [0.1, 0.15) is 11.8 Å². The minimum absolute atomic E-state index is 0.0435. The van der Waals surface area contributed by atoms with Crippen LogP contribution in [0, 0.1) is 0 Å². The summed E-state index contributed by atoms with van der Waals surface area (Å²) >= 11 is 0. The molecule has 1 aliphatic heterocycles. The lowest BCUT2D eigenvalue weighted by Crippen LogP contribution is -2.51. The molecule has 2 aromatic carbocycles. The number of carbonyl (C=O) groups is 2. The molecular weight excluding hydrogens is 382 g/mol. The van der Waals surface area contributed by atoms with Crippen molar-refractivity contribution >= 4 is 27.5 Å². The van der Waals surface area contributed by atoms with Gasteiger partial charge in [0.25, 0.3) is 0 Å². The van der Waals surface area contributed by atoms with Crippen molar-refractivity contribution in [3.63, 3.8) is 0 Å². The Morgan fingerprint density at radius 1 is 1.18 bits per heavy atom. The van der Waals surface area contributed by atoms with Crippen molar-refractivity contribution in [3.8, 4) is 5.75 Å². The monoisotopic (exact) mass is 403 g/mol. The van der Waals surface area contributed by atoms with Gasteiger partial charge in [-0.05, 0) is 29.7 Å². The molecule has 0 unspecified atom stereocenters. The molecule has 148 valence electrons. The van der Waals surface area contributed by atoms with Crippen LogP contribution in [-0.4, -0.2) is 37.7 Å². The van der Waals surface area contributed by atoms with Crippen molar-refractivity contribution < 1.29 is 22.7 Å². The number of methoxy groups -OCH3 is 1. The number of fused-ring (bicyclic) bond motifs is 1. The van der Waals surface area contributed by atoms with E-state index in [0.717, 1.165) is 15.4 Å². The Bertz CT molecular complexity index is 1040. The van der Waals surface area contributed by atoms with Crippen LogP contribution < -0.4 is 15.8 Å². The van der Waals surface area contributed by atoms with Gasteiger partial charge in [0.05, 0.1) is 17.7 Å². The maximum Gasteiger partial charge on any atom is 0.244 e. The van der Waals surface area contributed by atoms with Crippen LogP contribution in [0.4, 0.5) is 5.69 Å². The van der Waals surface area contributed by atoms with Crippen molar-refractivity contribution in [2.75, 3.05) is 12.4 Å². The topological polar surface area (TPSA) is 119 Å². The van der Waals surface area contributed by atoms with E-state index in [2.05, 4.69) is 5.32 Å². The lowest BCUT2D eigenvalue weighted by atomic mass is 9.96. The first-order chi connectivity index (χ1) is 13.2. The number of hydrogen-bond acceptors (Lipinski definition) is 5. The lowest BCUT2D eigenvalue weighted by molar-refractivity contribution is -0.122. The summed E-state index contributed by atoms with van der Waals surface area (Å²) in [6.45, 7) is 1.38. The van der Waals surface area contributed by atoms with Gasteiger partial charge in [-0.15, -0.1) is 0 Å². The molecule has 1 aliphatic rings. The van der Waals surface area contributed by atoms with Gasteiger partial charge in [-0.3, -0.25) is 9.59 Å². The van der Waals surface area contributed by atoms with E-state index >= 15 is 0 Å². The van der Waals surface area contributed by atoms with Crippen LogP contribution >= 0.6 is 0 Å². The van der Waals surface area contributed by atoms with Crippen LogP contribution in [0.1, 0.15) is 18.1 Å². The Balaban J connectivity index is 2.03. The highest BCUT2D eigenvalue weighted by molar-refractivity contribution is 7.89. The fourth-order valence-electron chi connectivity index (χ4n) is 3.25. The van der Waals surface area contributed by atoms with Gasteiger partial charge in [0.2, 0.25) is 21.8 Å². The zero-order valence-corrected chi connectivity index (χ0v) is 16.3. The Kier molecular flexibility index (Phi) is 5.39. The molecule has 1 heterocycles. The van der Waals surface area contributed by atoms with Crippen molar-refractivity contribution in [1.82, 2.24) is 4.31 Å². The largest absolute Gasteiger partial charge is 0.495 e. The van der Waals surface area contributed by atoms with E-state index in [4.69, 9.17) is 10.5 Å². The van der Waals surface area contributed by atoms with Crippen molar-refractivity contribution in [3.05, 3.63) is 53.6 Å². The standard InChI is InChI=1S/C19H21N3O5S/c1-12(23)21-16-8-7-15(10-18(16)27-2)28(25,26)22-11-14-6-4-3-5-13(14)9-17(22)19(20)24/h3-8,10,17H,9,11H2,1-2H3,(H2,20,24)(H,21,23)/t17-/m1/s1. The number of primary amides is 1. The van der Waals surface area contributed by atoms with Gasteiger partial charge in [-0.2, -0.15) is 4.31 Å². The predicted octanol–water partition coefficient (Wildman–Crippen LogP) is 1.25. The molecular formula is C19H21N3O5S. The second kappa shape index (κ2) is 7.61. The Morgan fingerprint density at radius 2 is 1.86 bits per heavy atom. The van der Waals surface area contributed by atoms with Crippen molar-refractivity contribution in [2.24, 2.45) is 5.73 Å². The molecule has 0 fully saturated rings. The molecule has 0 radical (unpaired) electrons. The van der Waals surface area contributed by atoms with Gasteiger partial charge in [-0.1, -0.05) is 24.3 Å². The lowest BCUT2D eigenvalue weighted by Gasteiger charge is -2.34. The normalized spacial score (nSPS) is 16.9. The number of rotatable bonds is 5. The summed E-state index contributed by atoms with van der Waals surface area (Å²) in [6.07, 6.45) is 0.214. The fraction of sp³-hybridized carbons (Fsp3) is 0.263. The second-order valence-corrected chi connectivity index (χ2v) is 8.38. The summed E-state index contributed by atoms with van der Waals surface area (Å²) in [5.41, 5.74) is 7.58. The number of anilines is 1. The van der Waals surface area contributed by atoms with E-state index in [0.29, 0.717) is 5.69 Å². The Labute approximate surface area is 163 Å². The number of amides is 2. The van der Waals surface area contributed by atoms with Crippen LogP contribution in [0.3, 0.4) is 0 Å². The number of benzene rings is 2. The first-order valence-electron chi connectivity index (χ1n) is 8.57. The van der Waals surface area contributed by atoms with Crippen LogP contribution in [0.25, 0.3) is 0 Å². The second-order valence-electron chi connectivity index (χ2n) is 6.48. The van der Waals surface area contributed by atoms with E-state index in [9.17, 15) is 18.0 Å². The molecule has 0 bridgehead atoms. The van der Waals surface area contributed by atoms with E-state index in [1.54, 1.807) is 0 Å². The van der Waals surface area contributed by atoms with Crippen LogP contribution in [0.15, 0.2) is 47.4 Å². The quantitative estimate of drug-likeness (QED) is 0.779. The molecule has 2 amide bonds. The third kappa shape index (κ3) is 3.71. The molecule has 2 aromatic rings. The minimum atomic E-state index is -4.04. The van der Waals surface area contributed by atoms with Gasteiger partial charge in [0.15, 0.2) is 0 Å². The molecule has 28 heavy (non-hydrogen) atoms. The SMILES string of the molecule is COc1cc(S(=O)(=O)N2Cc3ccccc3C[C@@H]2C(N)=O)ccc1NC(C)=O. The highest BCUT2D eigenvalue weighted by Crippen LogP contribution is 2.33. The summed E-state index contributed by atoms with van der Waals surface area (Å²) in [4.78, 5) is 23.2. The highest BCUT2D eigenvalue weighted by Gasteiger charge is 2.38. The number of ether oxygens (including phenoxy) is 1. The molecule has 3 rings (SSSR count). The first kappa shape index (κ1) is 19.8.